The van der Waals surface area contributed by atoms with Crippen LogP contribution in [0.4, 0.5) is 0 Å². The van der Waals surface area contributed by atoms with Crippen molar-refractivity contribution in [2.24, 2.45) is 50.9 Å². The second kappa shape index (κ2) is 30.5. The van der Waals surface area contributed by atoms with Crippen LogP contribution in [-0.4, -0.2) is 155 Å². The first-order valence-electron chi connectivity index (χ1n) is 28.0. The summed E-state index contributed by atoms with van der Waals surface area (Å²) in [5.41, 5.74) is 29.6. The zero-order valence-electron chi connectivity index (χ0n) is 47.8. The topological polar surface area (TPSA) is 335 Å². The minimum absolute atomic E-state index is 0.0741. The highest BCUT2D eigenvalue weighted by Crippen LogP contribution is 2.44. The molecular weight excluding hydrogens is 1050 g/mol. The molecule has 6 aliphatic rings. The zero-order chi connectivity index (χ0) is 58.4. The summed E-state index contributed by atoms with van der Waals surface area (Å²) in [5.74, 6) is -3.14. The number of hydrogen-bond acceptors (Lipinski definition) is 20. The van der Waals surface area contributed by atoms with Crippen LogP contribution in [0.3, 0.4) is 0 Å². The molecule has 6 saturated heterocycles. The molecule has 0 bridgehead atoms. The maximum Gasteiger partial charge on any atom is 0.373 e. The Balaban J connectivity index is 0.00000336. The first-order valence-corrected chi connectivity index (χ1v) is 28.0. The fourth-order valence-corrected chi connectivity index (χ4v) is 12.1. The molecule has 1 aromatic carbocycles. The van der Waals surface area contributed by atoms with Crippen molar-refractivity contribution in [3.8, 4) is 0 Å². The van der Waals surface area contributed by atoms with Crippen LogP contribution in [0, 0.1) is 35.5 Å². The van der Waals surface area contributed by atoms with Crippen LogP contribution in [0.25, 0.3) is 31.3 Å². The van der Waals surface area contributed by atoms with Crippen LogP contribution in [0.15, 0.2) is 45.7 Å². The van der Waals surface area contributed by atoms with Crippen molar-refractivity contribution in [1.29, 1.82) is 0 Å². The Morgan fingerprint density at radius 3 is 1.57 bits per heavy atom. The molecule has 26 heteroatoms. The second-order valence-electron chi connectivity index (χ2n) is 21.7. The largest absolute Gasteiger partial charge is 0.453 e. The Hall–Kier alpha value is -4.81. The summed E-state index contributed by atoms with van der Waals surface area (Å²) < 4.78 is 85.1. The number of carbonyl (C=O) groups excluding carboxylic acids is 4. The molecule has 1 aromatic rings. The monoisotopic (exact) mass is 1130 g/mol. The molecule has 80 heavy (non-hydrogen) atoms. The predicted molar refractivity (Wildman–Crippen MR) is 280 cm³/mol. The van der Waals surface area contributed by atoms with Crippen molar-refractivity contribution < 1.29 is 80.8 Å². The van der Waals surface area contributed by atoms with Crippen LogP contribution in [0.1, 0.15) is 125 Å². The number of ketones is 1. The van der Waals surface area contributed by atoms with E-state index in [0.29, 0.717) is 37.9 Å². The van der Waals surface area contributed by atoms with Crippen LogP contribution in [0.5, 0.6) is 0 Å². The van der Waals surface area contributed by atoms with Crippen LogP contribution in [0.2, 0.25) is 0 Å². The lowest BCUT2D eigenvalue weighted by Gasteiger charge is -2.52. The molecule has 6 aliphatic heterocycles. The van der Waals surface area contributed by atoms with E-state index < -0.39 is 147 Å². The molecule has 0 N–H and O–H groups in total. The minimum Gasteiger partial charge on any atom is -0.453 e. The standard InChI is InChI=1S/C53H81N9O15.CO2/c1-13-34-25(4)26(5)38(57-60-54)50(68-34)76-44-30(9)45(71-37-23-19-20-24-66-37)53(77-47(44)31(10)63)75-43-28(7)40(59-62-56)51(70-36(43)15-3)73-41-29(8)46(72-48(64)33-21-17-16-18-22-33)52(67-32(41)11)74-42-27(6)39(58-61-55)49(65-12)69-35(42)14-2;2-1-3/h16-18,21-22,25-30,32,34-47,49-53H,13-15,19-20,23-24H2,1-12H3;/t25-,26?,27?,28?,29?,30?,32?,34-,35?,36?,37?,38-,39-,40-,41-,42-,43-,44-,45-,46-,47-,49-,50+,51+,52+,53+;/m0./s1. The smallest absolute Gasteiger partial charge is 0.373 e. The summed E-state index contributed by atoms with van der Waals surface area (Å²) in [6, 6.07) is 6.16. The highest BCUT2D eigenvalue weighted by molar-refractivity contribution is 5.89. The van der Waals surface area contributed by atoms with E-state index in [-0.39, 0.29) is 29.9 Å². The molecule has 6 heterocycles. The van der Waals surface area contributed by atoms with Gasteiger partial charge in [-0.05, 0) is 105 Å². The summed E-state index contributed by atoms with van der Waals surface area (Å²) in [5, 5.41) is 12.4. The van der Waals surface area contributed by atoms with Gasteiger partial charge in [0.1, 0.15) is 12.2 Å². The average molecular weight is 1130 g/mol. The van der Waals surface area contributed by atoms with Gasteiger partial charge in [0, 0.05) is 40.3 Å². The van der Waals surface area contributed by atoms with Crippen LogP contribution < -0.4 is 0 Å². The fraction of sp³-hybridized carbons (Fsp3) is 0.833. The third-order valence-electron chi connectivity index (χ3n) is 16.8. The molecule has 26 atom stereocenters. The number of carbonyl (C=O) groups is 2. The average Bonchev–Trinajstić information content (AvgIpc) is 3.53. The number of esters is 1. The van der Waals surface area contributed by atoms with E-state index in [9.17, 15) is 26.2 Å². The van der Waals surface area contributed by atoms with E-state index in [1.807, 2.05) is 62.3 Å². The quantitative estimate of drug-likeness (QED) is 0.0508. The number of ether oxygens (including phenoxy) is 13. The molecule has 0 aliphatic carbocycles. The minimum atomic E-state index is -1.17. The number of azide groups is 3. The Bertz CT molecular complexity index is 2340. The lowest BCUT2D eigenvalue weighted by atomic mass is 9.81. The van der Waals surface area contributed by atoms with Gasteiger partial charge in [0.05, 0.1) is 72.5 Å². The fourth-order valence-electron chi connectivity index (χ4n) is 12.1. The molecule has 0 amide bonds. The number of Topliss-reactive ketones (excluding diaryl/α,β-unsaturated/α-hetero) is 1. The van der Waals surface area contributed by atoms with E-state index in [0.717, 1.165) is 12.8 Å². The van der Waals surface area contributed by atoms with Gasteiger partial charge in [-0.1, -0.05) is 95.9 Å². The summed E-state index contributed by atoms with van der Waals surface area (Å²) in [4.78, 5) is 53.3. The highest BCUT2D eigenvalue weighted by Gasteiger charge is 2.56. The van der Waals surface area contributed by atoms with E-state index in [4.69, 9.17) is 71.2 Å². The van der Waals surface area contributed by atoms with Crippen molar-refractivity contribution in [1.82, 2.24) is 0 Å². The molecule has 444 valence electrons. The molecule has 0 spiro atoms. The Morgan fingerprint density at radius 2 is 1.06 bits per heavy atom. The van der Waals surface area contributed by atoms with Crippen molar-refractivity contribution in [2.75, 3.05) is 13.7 Å². The number of methoxy groups -OCH3 is 1. The van der Waals surface area contributed by atoms with E-state index in [1.54, 1.807) is 30.3 Å². The zero-order valence-corrected chi connectivity index (χ0v) is 47.8. The Morgan fingerprint density at radius 1 is 0.575 bits per heavy atom. The van der Waals surface area contributed by atoms with E-state index in [1.165, 1.54) is 14.0 Å². The normalized spacial score (nSPS) is 41.9. The van der Waals surface area contributed by atoms with Crippen LogP contribution >= 0.6 is 0 Å². The lowest BCUT2D eigenvalue weighted by molar-refractivity contribution is -0.370. The summed E-state index contributed by atoms with van der Waals surface area (Å²) in [7, 11) is 1.48. The Kier molecular flexibility index (Phi) is 24.5. The van der Waals surface area contributed by atoms with Crippen LogP contribution in [-0.2, 0) is 76.0 Å². The number of benzene rings is 1. The molecule has 0 aromatic heterocycles. The molecular formula is C54H81N9O17. The third kappa shape index (κ3) is 14.9. The van der Waals surface area contributed by atoms with Gasteiger partial charge in [0.25, 0.3) is 0 Å². The van der Waals surface area contributed by atoms with Crippen molar-refractivity contribution in [2.45, 2.75) is 238 Å². The predicted octanol–water partition coefficient (Wildman–Crippen LogP) is 9.04. The maximum atomic E-state index is 13.9. The van der Waals surface area contributed by atoms with Crippen molar-refractivity contribution in [3.63, 3.8) is 0 Å². The lowest BCUT2D eigenvalue weighted by Crippen LogP contribution is -2.64. The summed E-state index contributed by atoms with van der Waals surface area (Å²) >= 11 is 0. The highest BCUT2D eigenvalue weighted by atomic mass is 16.8. The molecule has 0 radical (unpaired) electrons. The van der Waals surface area contributed by atoms with E-state index >= 15 is 0 Å². The summed E-state index contributed by atoms with van der Waals surface area (Å²) in [6.45, 7) is 21.2. The molecule has 9 unspecified atom stereocenters. The molecule has 6 fully saturated rings. The molecule has 26 nitrogen and oxygen atoms in total. The van der Waals surface area contributed by atoms with Gasteiger partial charge in [0.15, 0.2) is 49.6 Å². The molecule has 0 saturated carbocycles. The maximum absolute atomic E-state index is 13.9. The van der Waals surface area contributed by atoms with Gasteiger partial charge in [-0.2, -0.15) is 9.59 Å². The van der Waals surface area contributed by atoms with Gasteiger partial charge in [0.2, 0.25) is 0 Å². The number of nitrogens with zero attached hydrogens (tertiary/aromatic N) is 9. The van der Waals surface area contributed by atoms with Crippen molar-refractivity contribution in [3.05, 3.63) is 67.2 Å². The second-order valence-corrected chi connectivity index (χ2v) is 21.7. The summed E-state index contributed by atoms with van der Waals surface area (Å²) in [6.07, 6.45) is -9.93. The number of rotatable bonds is 20. The Labute approximate surface area is 466 Å². The van der Waals surface area contributed by atoms with Gasteiger partial charge >= 0.3 is 12.1 Å². The van der Waals surface area contributed by atoms with Gasteiger partial charge < -0.3 is 61.6 Å². The van der Waals surface area contributed by atoms with E-state index in [2.05, 4.69) is 37.0 Å². The molecule has 7 rings (SSSR count). The van der Waals surface area contributed by atoms with Gasteiger partial charge in [-0.15, -0.1) is 0 Å². The first kappa shape index (κ1) is 64.4. The number of hydrogen-bond donors (Lipinski definition) is 0. The van der Waals surface area contributed by atoms with Gasteiger partial charge in [-0.3, -0.25) is 4.79 Å². The third-order valence-corrected chi connectivity index (χ3v) is 16.8. The van der Waals surface area contributed by atoms with Gasteiger partial charge in [-0.25, -0.2) is 4.79 Å². The SMILES string of the molecule is CCC1O[C@H](O[C@@H]2C(C)O[C@H](O[C@@H]3C(CC)O[C@H](OC)[C@@H](N=[N+]=[N-])C3C)[C@@H](OC(=O)c3ccccc3)C2C)[C@@H](N=[N+]=[N-])C(C)[C@@H]1O[C@@H]1O[C@@H](C(C)=O)[C@@H](O[C@H]2O[C@@H](CC)[C@@H](C)C(C)[C@@H]2N=[N+]=[N-])C(C)[C@@H]1OC1CCCCO1.O=C=O. The van der Waals surface area contributed by atoms with Crippen molar-refractivity contribution >= 4 is 17.9 Å². The first-order chi connectivity index (χ1) is 38.4.